The summed E-state index contributed by atoms with van der Waals surface area (Å²) in [7, 11) is -0.883. The monoisotopic (exact) mass is 220 g/mol. The summed E-state index contributed by atoms with van der Waals surface area (Å²) < 4.78 is 10.5. The summed E-state index contributed by atoms with van der Waals surface area (Å²) in [6.07, 6.45) is -0.475. The Balaban J connectivity index is 2.18. The largest absolute Gasteiger partial charge is 0.491 e. The van der Waals surface area contributed by atoms with Gasteiger partial charge in [-0.05, 0) is 37.0 Å². The molecular weight excluding hydrogens is 207 g/mol. The number of benzene rings is 1. The number of ether oxygens (including phenoxy) is 1. The van der Waals surface area contributed by atoms with Gasteiger partial charge in [-0.1, -0.05) is 6.07 Å². The van der Waals surface area contributed by atoms with Gasteiger partial charge in [0.2, 0.25) is 0 Å². The molecule has 1 heterocycles. The molecule has 1 atom stereocenters. The van der Waals surface area contributed by atoms with Crippen molar-refractivity contribution in [3.8, 4) is 5.75 Å². The second-order valence-electron chi connectivity index (χ2n) is 3.89. The lowest BCUT2D eigenvalue weighted by atomic mass is 9.79. The second-order valence-corrected chi connectivity index (χ2v) is 3.89. The minimum atomic E-state index is -0.883. The molecule has 0 radical (unpaired) electrons. The van der Waals surface area contributed by atoms with Gasteiger partial charge in [0.25, 0.3) is 0 Å². The Morgan fingerprint density at radius 3 is 3.06 bits per heavy atom. The van der Waals surface area contributed by atoms with E-state index >= 15 is 0 Å². The number of rotatable bonds is 3. The van der Waals surface area contributed by atoms with Crippen LogP contribution >= 0.6 is 0 Å². The number of ketones is 1. The van der Waals surface area contributed by atoms with Gasteiger partial charge in [-0.15, -0.1) is 0 Å². The molecule has 0 bridgehead atoms. The van der Waals surface area contributed by atoms with Crippen LogP contribution in [-0.2, 0) is 16.1 Å². The van der Waals surface area contributed by atoms with Crippen LogP contribution in [0.2, 0.25) is 0 Å². The van der Waals surface area contributed by atoms with Crippen LogP contribution in [0.15, 0.2) is 18.2 Å². The average Bonchev–Trinajstić information content (AvgIpc) is 2.60. The Kier molecular flexibility index (Phi) is 2.98. The molecule has 0 spiro atoms. The molecule has 1 aliphatic rings. The van der Waals surface area contributed by atoms with Gasteiger partial charge in [0, 0.05) is 0 Å². The lowest BCUT2D eigenvalue weighted by Crippen LogP contribution is -2.28. The molecule has 84 valence electrons. The molecule has 0 aromatic heterocycles. The normalized spacial score (nSPS) is 15.8. The van der Waals surface area contributed by atoms with Crippen LogP contribution in [-0.4, -0.2) is 24.0 Å². The van der Waals surface area contributed by atoms with Gasteiger partial charge in [-0.3, -0.25) is 4.79 Å². The van der Waals surface area contributed by atoms with Crippen molar-refractivity contribution in [3.63, 3.8) is 0 Å². The van der Waals surface area contributed by atoms with Gasteiger partial charge in [0.1, 0.15) is 5.75 Å². The van der Waals surface area contributed by atoms with Gasteiger partial charge in [0.05, 0.1) is 6.61 Å². The van der Waals surface area contributed by atoms with Crippen LogP contribution in [0.1, 0.15) is 19.4 Å². The fourth-order valence-electron chi connectivity index (χ4n) is 1.55. The SMILES string of the molecule is CC(=O)C(C)Oc1ccc2c(c1)B(O)OC2. The maximum atomic E-state index is 11.0. The number of fused-ring (bicyclic) bond motifs is 1. The summed E-state index contributed by atoms with van der Waals surface area (Å²) in [5, 5.41) is 9.50. The van der Waals surface area contributed by atoms with E-state index in [0.717, 1.165) is 5.56 Å². The maximum absolute atomic E-state index is 11.0. The van der Waals surface area contributed by atoms with Crippen molar-refractivity contribution in [2.75, 3.05) is 0 Å². The van der Waals surface area contributed by atoms with E-state index in [1.165, 1.54) is 6.92 Å². The van der Waals surface area contributed by atoms with E-state index in [0.29, 0.717) is 17.8 Å². The van der Waals surface area contributed by atoms with Crippen molar-refractivity contribution >= 4 is 18.4 Å². The second kappa shape index (κ2) is 4.27. The van der Waals surface area contributed by atoms with E-state index in [9.17, 15) is 9.82 Å². The predicted octanol–water partition coefficient (Wildman–Crippen LogP) is 0.261. The highest BCUT2D eigenvalue weighted by Gasteiger charge is 2.27. The fraction of sp³-hybridized carbons (Fsp3) is 0.364. The highest BCUT2D eigenvalue weighted by Crippen LogP contribution is 2.17. The zero-order chi connectivity index (χ0) is 11.7. The van der Waals surface area contributed by atoms with Gasteiger partial charge in [0.15, 0.2) is 11.9 Å². The number of carbonyl (C=O) groups is 1. The van der Waals surface area contributed by atoms with E-state index in [2.05, 4.69) is 0 Å². The molecule has 0 saturated carbocycles. The van der Waals surface area contributed by atoms with Crippen molar-refractivity contribution < 1.29 is 19.2 Å². The molecule has 1 unspecified atom stereocenters. The minimum absolute atomic E-state index is 0.0303. The van der Waals surface area contributed by atoms with E-state index in [1.54, 1.807) is 19.1 Å². The van der Waals surface area contributed by atoms with Crippen LogP contribution < -0.4 is 10.2 Å². The first kappa shape index (κ1) is 11.2. The highest BCUT2D eigenvalue weighted by molar-refractivity contribution is 6.61. The summed E-state index contributed by atoms with van der Waals surface area (Å²) in [6.45, 7) is 3.59. The molecule has 1 aromatic carbocycles. The first-order chi connectivity index (χ1) is 7.58. The van der Waals surface area contributed by atoms with Crippen LogP contribution in [0.5, 0.6) is 5.75 Å². The molecule has 0 amide bonds. The van der Waals surface area contributed by atoms with E-state index in [-0.39, 0.29) is 5.78 Å². The Labute approximate surface area is 94.3 Å². The van der Waals surface area contributed by atoms with Crippen LogP contribution in [0.3, 0.4) is 0 Å². The first-order valence-corrected chi connectivity index (χ1v) is 5.17. The Bertz CT molecular complexity index is 418. The topological polar surface area (TPSA) is 55.8 Å². The highest BCUT2D eigenvalue weighted by atomic mass is 16.5. The Morgan fingerprint density at radius 2 is 2.38 bits per heavy atom. The summed E-state index contributed by atoms with van der Waals surface area (Å²) in [5.41, 5.74) is 1.67. The maximum Gasteiger partial charge on any atom is 0.491 e. The summed E-state index contributed by atoms with van der Waals surface area (Å²) in [5.74, 6) is 0.545. The molecular formula is C11H13BO4. The third-order valence-corrected chi connectivity index (χ3v) is 2.67. The molecule has 1 aliphatic heterocycles. The van der Waals surface area contributed by atoms with Crippen molar-refractivity contribution in [2.24, 2.45) is 0 Å². The zero-order valence-corrected chi connectivity index (χ0v) is 9.27. The lowest BCUT2D eigenvalue weighted by Gasteiger charge is -2.12. The van der Waals surface area contributed by atoms with E-state index in [4.69, 9.17) is 9.39 Å². The molecule has 1 aromatic rings. The van der Waals surface area contributed by atoms with Gasteiger partial charge in [-0.25, -0.2) is 0 Å². The number of hydrogen-bond donors (Lipinski definition) is 1. The van der Waals surface area contributed by atoms with Crippen molar-refractivity contribution in [2.45, 2.75) is 26.6 Å². The van der Waals surface area contributed by atoms with Crippen molar-refractivity contribution in [3.05, 3.63) is 23.8 Å². The molecule has 0 saturated heterocycles. The quantitative estimate of drug-likeness (QED) is 0.742. The standard InChI is InChI=1S/C11H13BO4/c1-7(13)8(2)16-10-4-3-9-6-15-12(14)11(9)5-10/h3-5,8,14H,6H2,1-2H3. The first-order valence-electron chi connectivity index (χ1n) is 5.17. The van der Waals surface area contributed by atoms with Gasteiger partial charge < -0.3 is 14.4 Å². The fourth-order valence-corrected chi connectivity index (χ4v) is 1.55. The Hall–Kier alpha value is -1.33. The molecule has 16 heavy (non-hydrogen) atoms. The number of hydrogen-bond acceptors (Lipinski definition) is 4. The molecule has 2 rings (SSSR count). The minimum Gasteiger partial charge on any atom is -0.483 e. The zero-order valence-electron chi connectivity index (χ0n) is 9.27. The molecule has 4 nitrogen and oxygen atoms in total. The average molecular weight is 220 g/mol. The number of carbonyl (C=O) groups excluding carboxylic acids is 1. The van der Waals surface area contributed by atoms with Crippen molar-refractivity contribution in [1.82, 2.24) is 0 Å². The lowest BCUT2D eigenvalue weighted by molar-refractivity contribution is -0.122. The third-order valence-electron chi connectivity index (χ3n) is 2.67. The Morgan fingerprint density at radius 1 is 1.62 bits per heavy atom. The van der Waals surface area contributed by atoms with Gasteiger partial charge in [-0.2, -0.15) is 0 Å². The smallest absolute Gasteiger partial charge is 0.483 e. The van der Waals surface area contributed by atoms with Gasteiger partial charge >= 0.3 is 7.12 Å². The van der Waals surface area contributed by atoms with Crippen LogP contribution in [0.4, 0.5) is 0 Å². The molecule has 1 N–H and O–H groups in total. The van der Waals surface area contributed by atoms with Crippen LogP contribution in [0, 0.1) is 0 Å². The summed E-state index contributed by atoms with van der Waals surface area (Å²) >= 11 is 0. The molecule has 0 aliphatic carbocycles. The third kappa shape index (κ3) is 2.10. The molecule has 0 fully saturated rings. The summed E-state index contributed by atoms with van der Waals surface area (Å²) in [4.78, 5) is 11.0. The van der Waals surface area contributed by atoms with E-state index in [1.807, 2.05) is 6.07 Å². The molecule has 5 heteroatoms. The predicted molar refractivity (Wildman–Crippen MR) is 59.6 cm³/mol. The van der Waals surface area contributed by atoms with Crippen LogP contribution in [0.25, 0.3) is 0 Å². The van der Waals surface area contributed by atoms with Crippen molar-refractivity contribution in [1.29, 1.82) is 0 Å². The summed E-state index contributed by atoms with van der Waals surface area (Å²) in [6, 6.07) is 5.33. The van der Waals surface area contributed by atoms with E-state index < -0.39 is 13.2 Å². The number of Topliss-reactive ketones (excluding diaryl/α,β-unsaturated/α-hetero) is 1.